The lowest BCUT2D eigenvalue weighted by Gasteiger charge is -2.60. The molecule has 0 unspecified atom stereocenters. The Morgan fingerprint density at radius 3 is 2.37 bits per heavy atom. The van der Waals surface area contributed by atoms with E-state index in [1.54, 1.807) is 47.4 Å². The monoisotopic (exact) mass is 852 g/mol. The summed E-state index contributed by atoms with van der Waals surface area (Å²) in [6.07, 6.45) is 12.1. The molecule has 0 radical (unpaired) electrons. The van der Waals surface area contributed by atoms with Gasteiger partial charge in [0.2, 0.25) is 11.7 Å². The van der Waals surface area contributed by atoms with Crippen LogP contribution in [0.25, 0.3) is 6.08 Å². The van der Waals surface area contributed by atoms with Gasteiger partial charge in [0, 0.05) is 61.9 Å². The molecule has 0 aromatic heterocycles. The molecule has 15 nitrogen and oxygen atoms in total. The number of nitro groups is 2. The third kappa shape index (κ3) is 10.1. The number of fused-ring (bicyclic) bond motifs is 2. The summed E-state index contributed by atoms with van der Waals surface area (Å²) in [5, 5.41) is 47.4. The van der Waals surface area contributed by atoms with Crippen LogP contribution in [0.4, 0.5) is 11.4 Å². The topological polar surface area (TPSA) is 196 Å². The van der Waals surface area contributed by atoms with Crippen LogP contribution in [0, 0.1) is 38.0 Å². The first-order chi connectivity index (χ1) is 30.1. The van der Waals surface area contributed by atoms with Crippen molar-refractivity contribution in [2.75, 3.05) is 33.0 Å². The molecule has 0 spiro atoms. The zero-order valence-corrected chi connectivity index (χ0v) is 35.3. The van der Waals surface area contributed by atoms with E-state index in [-0.39, 0.29) is 61.3 Å². The quantitative estimate of drug-likeness (QED) is 0.0322. The van der Waals surface area contributed by atoms with Crippen molar-refractivity contribution in [3.63, 3.8) is 0 Å². The molecule has 1 aliphatic heterocycles. The number of benzene rings is 3. The number of unbranched alkanes of at least 4 members (excludes halogenated alkanes) is 2. The van der Waals surface area contributed by atoms with Crippen molar-refractivity contribution in [1.29, 1.82) is 0 Å². The minimum atomic E-state index is -1.47. The van der Waals surface area contributed by atoms with Gasteiger partial charge in [0.05, 0.1) is 34.1 Å². The summed E-state index contributed by atoms with van der Waals surface area (Å²) in [5.74, 6) is -1.37. The first-order valence-electron chi connectivity index (χ1n) is 21.4. The first-order valence-corrected chi connectivity index (χ1v) is 21.4. The maximum atomic E-state index is 14.6. The minimum Gasteiger partial charge on any atom is -0.459 e. The molecule has 62 heavy (non-hydrogen) atoms. The molecule has 1 amide bonds. The van der Waals surface area contributed by atoms with E-state index in [4.69, 9.17) is 24.2 Å². The van der Waals surface area contributed by atoms with Crippen molar-refractivity contribution >= 4 is 29.1 Å². The summed E-state index contributed by atoms with van der Waals surface area (Å²) in [6, 6.07) is 16.7. The largest absolute Gasteiger partial charge is 0.459 e. The summed E-state index contributed by atoms with van der Waals surface area (Å²) in [6.45, 7) is 8.67. The molecule has 15 heteroatoms. The van der Waals surface area contributed by atoms with Gasteiger partial charge in [-0.1, -0.05) is 43.1 Å². The van der Waals surface area contributed by atoms with Crippen LogP contribution in [0.5, 0.6) is 17.2 Å². The van der Waals surface area contributed by atoms with Crippen molar-refractivity contribution in [2.24, 2.45) is 22.9 Å². The molecule has 0 saturated heterocycles. The normalized spacial score (nSPS) is 23.1. The fraction of sp³-hybridized carbons (Fsp3) is 0.447. The second-order valence-corrected chi connectivity index (χ2v) is 15.8. The minimum absolute atomic E-state index is 0.0160. The lowest BCUT2D eigenvalue weighted by Crippen LogP contribution is -2.70. The molecule has 1 fully saturated rings. The Labute approximate surface area is 361 Å². The highest BCUT2D eigenvalue weighted by molar-refractivity contribution is 6.03. The Balaban J connectivity index is 1.55. The van der Waals surface area contributed by atoms with Gasteiger partial charge in [-0.2, -0.15) is 0 Å². The lowest BCUT2D eigenvalue weighted by atomic mass is 9.55. The Morgan fingerprint density at radius 1 is 0.968 bits per heavy atom. The van der Waals surface area contributed by atoms with Gasteiger partial charge in [0.25, 0.3) is 11.4 Å². The third-order valence-electron chi connectivity index (χ3n) is 11.9. The summed E-state index contributed by atoms with van der Waals surface area (Å²) in [5.41, 5.74) is 2.84. The zero-order valence-electron chi connectivity index (χ0n) is 35.3. The molecule has 1 heterocycles. The van der Waals surface area contributed by atoms with Crippen LogP contribution in [-0.4, -0.2) is 81.4 Å². The van der Waals surface area contributed by atoms with Crippen molar-refractivity contribution < 1.29 is 43.9 Å². The number of oxime groups is 1. The molecule has 6 atom stereocenters. The van der Waals surface area contributed by atoms with E-state index in [2.05, 4.69) is 12.7 Å². The van der Waals surface area contributed by atoms with Gasteiger partial charge < -0.3 is 34.2 Å². The number of non-ortho nitro benzene ring substituents is 2. The average molecular weight is 853 g/mol. The van der Waals surface area contributed by atoms with Crippen LogP contribution in [0.1, 0.15) is 82.3 Å². The first kappa shape index (κ1) is 45.6. The Morgan fingerprint density at radius 2 is 1.69 bits per heavy atom. The van der Waals surface area contributed by atoms with E-state index >= 15 is 0 Å². The molecule has 2 aliphatic carbocycles. The predicted molar refractivity (Wildman–Crippen MR) is 234 cm³/mol. The Bertz CT molecular complexity index is 2160. The van der Waals surface area contributed by atoms with Gasteiger partial charge in [-0.15, -0.1) is 6.58 Å². The van der Waals surface area contributed by atoms with Crippen LogP contribution in [0.3, 0.4) is 0 Å². The maximum absolute atomic E-state index is 14.6. The van der Waals surface area contributed by atoms with Crippen LogP contribution in [0.2, 0.25) is 0 Å². The van der Waals surface area contributed by atoms with Crippen molar-refractivity contribution in [3.05, 3.63) is 128 Å². The Hall–Kier alpha value is -5.90. The molecule has 3 aromatic carbocycles. The molecule has 330 valence electrons. The summed E-state index contributed by atoms with van der Waals surface area (Å²) >= 11 is 0. The van der Waals surface area contributed by atoms with Gasteiger partial charge in [-0.25, -0.2) is 0 Å². The number of nitrogens with zero attached hydrogens (tertiary/aromatic N) is 4. The highest BCUT2D eigenvalue weighted by Gasteiger charge is 2.65. The van der Waals surface area contributed by atoms with Crippen molar-refractivity contribution in [2.45, 2.75) is 83.0 Å². The number of ether oxygens (including phenoxy) is 3. The molecule has 3 aliphatic rings. The van der Waals surface area contributed by atoms with E-state index in [0.29, 0.717) is 60.9 Å². The second-order valence-electron chi connectivity index (χ2n) is 15.8. The molecule has 0 bridgehead atoms. The van der Waals surface area contributed by atoms with Crippen LogP contribution < -0.4 is 9.47 Å². The highest BCUT2D eigenvalue weighted by atomic mass is 16.7. The number of hydrogen-bond acceptors (Lipinski definition) is 12. The van der Waals surface area contributed by atoms with Crippen LogP contribution in [0.15, 0.2) is 102 Å². The molecule has 2 N–H and O–H groups in total. The summed E-state index contributed by atoms with van der Waals surface area (Å²) in [7, 11) is 0. The molecule has 6 rings (SSSR count). The van der Waals surface area contributed by atoms with Gasteiger partial charge in [0.1, 0.15) is 29.9 Å². The standard InChI is InChI=1S/C47H56N4O11/c1-4-24-49(44(54)23-18-32-16-19-34(20-17-32)50(55)56)43-31-41(48-60-6-3)39-28-33(12-7-9-25-52)38(15-8-10-26-53)45-40-30-37(61-36-14-11-13-35(29-36)51(57)58)21-22-42(40)62-47(43,46(39)45)59-27-5-2/h5,11,13-14,16-23,28-30,33,38,43,45-46,52-53H,2,4,6-10,12,15,24-27,31H2,1,3H3/t33-,38+,43-,45+,46+,47+/m0/s1. The number of allylic oxidation sites excluding steroid dienone is 1. The number of aliphatic hydroxyl groups excluding tert-OH is 2. The van der Waals surface area contributed by atoms with Gasteiger partial charge in [-0.3, -0.25) is 25.0 Å². The highest BCUT2D eigenvalue weighted by Crippen LogP contribution is 2.62. The van der Waals surface area contributed by atoms with E-state index < -0.39 is 27.6 Å². The van der Waals surface area contributed by atoms with E-state index in [9.17, 15) is 35.2 Å². The fourth-order valence-electron chi connectivity index (χ4n) is 9.28. The summed E-state index contributed by atoms with van der Waals surface area (Å²) in [4.78, 5) is 44.2. The molecule has 3 aromatic rings. The number of rotatable bonds is 22. The number of amides is 1. The smallest absolute Gasteiger partial charge is 0.273 e. The predicted octanol–water partition coefficient (Wildman–Crippen LogP) is 8.90. The lowest BCUT2D eigenvalue weighted by molar-refractivity contribution is -0.385. The van der Waals surface area contributed by atoms with Crippen molar-refractivity contribution in [1.82, 2.24) is 4.90 Å². The maximum Gasteiger partial charge on any atom is 0.273 e. The number of nitro benzene ring substituents is 2. The van der Waals surface area contributed by atoms with Gasteiger partial charge in [-0.05, 0) is 104 Å². The zero-order chi connectivity index (χ0) is 44.2. The van der Waals surface area contributed by atoms with Crippen LogP contribution in [-0.2, 0) is 14.4 Å². The van der Waals surface area contributed by atoms with Gasteiger partial charge in [0.15, 0.2) is 0 Å². The molecular formula is C47H56N4O11. The number of carbonyl (C=O) groups is 1. The average Bonchev–Trinajstić information content (AvgIpc) is 3.27. The molecule has 1 saturated carbocycles. The fourth-order valence-corrected chi connectivity index (χ4v) is 9.28. The van der Waals surface area contributed by atoms with Crippen molar-refractivity contribution in [3.8, 4) is 17.2 Å². The Kier molecular flexibility index (Phi) is 15.6. The summed E-state index contributed by atoms with van der Waals surface area (Å²) < 4.78 is 20.6. The van der Waals surface area contributed by atoms with Gasteiger partial charge >= 0.3 is 0 Å². The van der Waals surface area contributed by atoms with Crippen LogP contribution >= 0.6 is 0 Å². The SMILES string of the molecule is C=CCO[C@@]12Oc3ccc(Oc4cccc([N+](=O)[O-])c4)cc3[C@H]3[C@H](CCCCO)[C@@H](CCCCO)C=C(C(=NOCC)C[C@@H]1N(CCC)C(=O)C=Cc1ccc([N+](=O)[O-])cc1)[C@H]32. The third-order valence-corrected chi connectivity index (χ3v) is 11.9. The number of carbonyl (C=O) groups excluding carboxylic acids is 1. The number of hydrogen-bond donors (Lipinski definition) is 2. The number of aliphatic hydroxyl groups is 2. The molecular weight excluding hydrogens is 797 g/mol. The van der Waals surface area contributed by atoms with E-state index in [0.717, 1.165) is 36.8 Å². The van der Waals surface area contributed by atoms with E-state index in [1.165, 1.54) is 30.3 Å². The van der Waals surface area contributed by atoms with E-state index in [1.807, 2.05) is 26.0 Å². The second kappa shape index (κ2) is 21.3.